The van der Waals surface area contributed by atoms with E-state index in [-0.39, 0.29) is 30.2 Å². The second kappa shape index (κ2) is 11.4. The molecular weight excluding hydrogens is 474 g/mol. The summed E-state index contributed by atoms with van der Waals surface area (Å²) in [4.78, 5) is 40.4. The van der Waals surface area contributed by atoms with E-state index in [0.717, 1.165) is 30.1 Å². The van der Waals surface area contributed by atoms with Crippen molar-refractivity contribution in [3.63, 3.8) is 0 Å². The number of rotatable bonds is 9. The topological polar surface area (TPSA) is 83.1 Å². The molecule has 1 N–H and O–H groups in total. The molecule has 1 fully saturated rings. The number of ketones is 3. The Bertz CT molecular complexity index is 1400. The molecule has 0 saturated carbocycles. The predicted octanol–water partition coefficient (Wildman–Crippen LogP) is 5.73. The van der Waals surface area contributed by atoms with Gasteiger partial charge in [-0.1, -0.05) is 55.5 Å². The molecule has 3 aromatic carbocycles. The highest BCUT2D eigenvalue weighted by atomic mass is 16.1. The normalized spacial score (nSPS) is 13.9. The fraction of sp³-hybridized carbons (Fsp3) is 0.250. The van der Waals surface area contributed by atoms with Gasteiger partial charge >= 0.3 is 0 Å². The van der Waals surface area contributed by atoms with Crippen molar-refractivity contribution in [3.05, 3.63) is 119 Å². The van der Waals surface area contributed by atoms with Gasteiger partial charge in [0.15, 0.2) is 17.3 Å². The Labute approximate surface area is 222 Å². The van der Waals surface area contributed by atoms with Crippen molar-refractivity contribution in [3.8, 4) is 0 Å². The molecule has 38 heavy (non-hydrogen) atoms. The lowest BCUT2D eigenvalue weighted by atomic mass is 9.97. The maximum Gasteiger partial charge on any atom is 0.193 e. The number of nitrogens with one attached hydrogen (secondary N) is 1. The number of aromatic nitrogens is 2. The van der Waals surface area contributed by atoms with Crippen LogP contribution in [0.3, 0.4) is 0 Å². The molecule has 0 spiro atoms. The van der Waals surface area contributed by atoms with Crippen LogP contribution in [0, 0.1) is 5.92 Å². The lowest BCUT2D eigenvalue weighted by Gasteiger charge is -2.32. The van der Waals surface area contributed by atoms with Gasteiger partial charge in [-0.25, -0.2) is 0 Å². The number of benzene rings is 3. The quantitative estimate of drug-likeness (QED) is 0.294. The second-order valence-corrected chi connectivity index (χ2v) is 10.1. The Morgan fingerprint density at radius 3 is 1.79 bits per heavy atom. The van der Waals surface area contributed by atoms with Gasteiger partial charge in [-0.2, -0.15) is 5.10 Å². The number of nitrogens with zero attached hydrogens (tertiary/aromatic N) is 2. The molecule has 2 heterocycles. The molecule has 0 unspecified atom stereocenters. The number of aromatic amines is 1. The summed E-state index contributed by atoms with van der Waals surface area (Å²) in [5, 5.41) is 6.48. The largest absolute Gasteiger partial charge is 0.372 e. The summed E-state index contributed by atoms with van der Waals surface area (Å²) < 4.78 is 0. The van der Waals surface area contributed by atoms with Gasteiger partial charge in [-0.05, 0) is 60.2 Å². The van der Waals surface area contributed by atoms with Crippen LogP contribution in [0.25, 0.3) is 0 Å². The van der Waals surface area contributed by atoms with Crippen LogP contribution < -0.4 is 4.90 Å². The van der Waals surface area contributed by atoms with Gasteiger partial charge in [0.1, 0.15) is 5.69 Å². The lowest BCUT2D eigenvalue weighted by molar-refractivity contribution is 0.0982. The smallest absolute Gasteiger partial charge is 0.193 e. The van der Waals surface area contributed by atoms with E-state index in [1.165, 1.54) is 18.5 Å². The molecule has 1 aromatic heterocycles. The van der Waals surface area contributed by atoms with E-state index in [9.17, 15) is 14.4 Å². The van der Waals surface area contributed by atoms with Crippen LogP contribution in [0.4, 0.5) is 5.69 Å². The summed E-state index contributed by atoms with van der Waals surface area (Å²) in [6.07, 6.45) is 4.48. The summed E-state index contributed by atoms with van der Waals surface area (Å²) in [6.45, 7) is 4.43. The third-order valence-corrected chi connectivity index (χ3v) is 7.30. The van der Waals surface area contributed by atoms with Gasteiger partial charge in [0.2, 0.25) is 0 Å². The third kappa shape index (κ3) is 5.97. The highest BCUT2D eigenvalue weighted by molar-refractivity contribution is 6.09. The van der Waals surface area contributed by atoms with Gasteiger partial charge in [-0.15, -0.1) is 0 Å². The van der Waals surface area contributed by atoms with Crippen molar-refractivity contribution in [1.29, 1.82) is 0 Å². The van der Waals surface area contributed by atoms with Crippen LogP contribution in [0.2, 0.25) is 0 Å². The van der Waals surface area contributed by atoms with Crippen molar-refractivity contribution >= 4 is 23.0 Å². The van der Waals surface area contributed by atoms with Crippen LogP contribution in [-0.2, 0) is 12.8 Å². The van der Waals surface area contributed by atoms with Gasteiger partial charge in [0.25, 0.3) is 0 Å². The molecule has 5 rings (SSSR count). The van der Waals surface area contributed by atoms with Crippen LogP contribution in [-0.4, -0.2) is 40.6 Å². The van der Waals surface area contributed by atoms with E-state index < -0.39 is 0 Å². The number of anilines is 1. The van der Waals surface area contributed by atoms with Crippen LogP contribution in [0.1, 0.15) is 67.7 Å². The molecule has 1 aliphatic heterocycles. The molecule has 1 aliphatic rings. The first-order chi connectivity index (χ1) is 18.5. The molecule has 0 bridgehead atoms. The number of H-pyrrole nitrogens is 1. The number of carbonyl (C=O) groups excluding carboxylic acids is 3. The number of hydrogen-bond donors (Lipinski definition) is 1. The Kier molecular flexibility index (Phi) is 7.59. The number of hydrogen-bond acceptors (Lipinski definition) is 5. The molecule has 0 radical (unpaired) electrons. The van der Waals surface area contributed by atoms with Crippen molar-refractivity contribution in [1.82, 2.24) is 10.2 Å². The summed E-state index contributed by atoms with van der Waals surface area (Å²) in [7, 11) is 0. The first-order valence-electron chi connectivity index (χ1n) is 13.1. The molecule has 4 aromatic rings. The summed E-state index contributed by atoms with van der Waals surface area (Å²) in [5.41, 5.74) is 5.14. The van der Waals surface area contributed by atoms with Crippen LogP contribution in [0.5, 0.6) is 0 Å². The van der Waals surface area contributed by atoms with E-state index >= 15 is 0 Å². The molecule has 0 atom stereocenters. The summed E-state index contributed by atoms with van der Waals surface area (Å²) in [5.74, 6) is 0.684. The second-order valence-electron chi connectivity index (χ2n) is 10.1. The van der Waals surface area contributed by atoms with Gasteiger partial charge < -0.3 is 4.90 Å². The number of Topliss-reactive ketones (excluding diaryl/α,β-unsaturated/α-hetero) is 2. The fourth-order valence-electron chi connectivity index (χ4n) is 4.82. The predicted molar refractivity (Wildman–Crippen MR) is 148 cm³/mol. The zero-order valence-electron chi connectivity index (χ0n) is 21.5. The SMILES string of the molecule is CC1CCN(c2ccc(C(=O)Cc3ccc(C(=O)c4ccc(CC(=O)c5ccn[nH]5)cc4)cc3)cc2)CC1. The van der Waals surface area contributed by atoms with E-state index in [1.807, 2.05) is 36.4 Å². The number of piperidine rings is 1. The molecule has 1 saturated heterocycles. The Morgan fingerprint density at radius 2 is 1.26 bits per heavy atom. The van der Waals surface area contributed by atoms with Gasteiger partial charge in [-0.3, -0.25) is 19.5 Å². The zero-order chi connectivity index (χ0) is 26.5. The Balaban J connectivity index is 1.17. The van der Waals surface area contributed by atoms with Crippen molar-refractivity contribution in [2.45, 2.75) is 32.6 Å². The average molecular weight is 506 g/mol. The van der Waals surface area contributed by atoms with Crippen molar-refractivity contribution in [2.24, 2.45) is 5.92 Å². The maximum atomic E-state index is 13.0. The molecule has 0 aliphatic carbocycles. The monoisotopic (exact) mass is 505 g/mol. The first kappa shape index (κ1) is 25.3. The highest BCUT2D eigenvalue weighted by Crippen LogP contribution is 2.24. The van der Waals surface area contributed by atoms with E-state index in [0.29, 0.717) is 22.4 Å². The molecular formula is C32H31N3O3. The zero-order valence-corrected chi connectivity index (χ0v) is 21.5. The minimum absolute atomic E-state index is 0.0562. The minimum atomic E-state index is -0.1000. The van der Waals surface area contributed by atoms with E-state index in [1.54, 1.807) is 48.7 Å². The van der Waals surface area contributed by atoms with Crippen molar-refractivity contribution < 1.29 is 14.4 Å². The van der Waals surface area contributed by atoms with Gasteiger partial charge in [0.05, 0.1) is 0 Å². The molecule has 192 valence electrons. The first-order valence-corrected chi connectivity index (χ1v) is 13.1. The molecule has 6 nitrogen and oxygen atoms in total. The minimum Gasteiger partial charge on any atom is -0.372 e. The van der Waals surface area contributed by atoms with E-state index in [2.05, 4.69) is 22.0 Å². The maximum absolute atomic E-state index is 13.0. The Hall–Kier alpha value is -4.32. The van der Waals surface area contributed by atoms with Crippen molar-refractivity contribution in [2.75, 3.05) is 18.0 Å². The number of carbonyl (C=O) groups is 3. The van der Waals surface area contributed by atoms with Crippen LogP contribution in [0.15, 0.2) is 85.1 Å². The fourth-order valence-corrected chi connectivity index (χ4v) is 4.82. The van der Waals surface area contributed by atoms with Crippen LogP contribution >= 0.6 is 0 Å². The third-order valence-electron chi connectivity index (χ3n) is 7.30. The Morgan fingerprint density at radius 1 is 0.737 bits per heavy atom. The highest BCUT2D eigenvalue weighted by Gasteiger charge is 2.17. The molecule has 6 heteroatoms. The van der Waals surface area contributed by atoms with Gasteiger partial charge in [0, 0.05) is 54.5 Å². The average Bonchev–Trinajstić information content (AvgIpc) is 3.50. The summed E-state index contributed by atoms with van der Waals surface area (Å²) >= 11 is 0. The standard InChI is InChI=1S/C32H31N3O3/c1-22-15-18-35(19-16-22)28-12-10-25(11-13-28)30(36)20-23-2-6-26(7-3-23)32(38)27-8-4-24(5-9-27)21-31(37)29-14-17-33-34-29/h2-14,17,22H,15-16,18-21H2,1H3,(H,33,34). The molecule has 0 amide bonds. The lowest BCUT2D eigenvalue weighted by Crippen LogP contribution is -2.32. The summed E-state index contributed by atoms with van der Waals surface area (Å²) in [6, 6.07) is 23.8. The van der Waals surface area contributed by atoms with E-state index in [4.69, 9.17) is 0 Å².